The SMILES string of the molecule is Cn1cnc2c(=O)n(C3CCCCC3)c(=O)n(C3CCCCC3)c21. The molecule has 2 fully saturated rings. The molecule has 6 nitrogen and oxygen atoms in total. The topological polar surface area (TPSA) is 61.8 Å². The van der Waals surface area contributed by atoms with E-state index < -0.39 is 0 Å². The van der Waals surface area contributed by atoms with Crippen molar-refractivity contribution in [3.63, 3.8) is 0 Å². The number of imidazole rings is 1. The molecule has 130 valence electrons. The zero-order valence-electron chi connectivity index (χ0n) is 14.4. The van der Waals surface area contributed by atoms with Crippen molar-refractivity contribution in [3.8, 4) is 0 Å². The molecule has 4 rings (SSSR count). The lowest BCUT2D eigenvalue weighted by molar-refractivity contribution is 0.305. The Bertz CT molecular complexity index is 848. The Balaban J connectivity index is 1.96. The summed E-state index contributed by atoms with van der Waals surface area (Å²) in [7, 11) is 1.87. The minimum atomic E-state index is -0.199. The summed E-state index contributed by atoms with van der Waals surface area (Å²) >= 11 is 0. The minimum Gasteiger partial charge on any atom is -0.320 e. The zero-order valence-corrected chi connectivity index (χ0v) is 14.4. The summed E-state index contributed by atoms with van der Waals surface area (Å²) in [5, 5.41) is 0. The van der Waals surface area contributed by atoms with Gasteiger partial charge in [-0.1, -0.05) is 38.5 Å². The summed E-state index contributed by atoms with van der Waals surface area (Å²) < 4.78 is 5.25. The first-order valence-corrected chi connectivity index (χ1v) is 9.36. The Morgan fingerprint density at radius 3 is 2.00 bits per heavy atom. The molecule has 0 bridgehead atoms. The van der Waals surface area contributed by atoms with E-state index in [1.54, 1.807) is 6.33 Å². The highest BCUT2D eigenvalue weighted by Crippen LogP contribution is 2.30. The van der Waals surface area contributed by atoms with Gasteiger partial charge in [-0.25, -0.2) is 9.78 Å². The molecule has 2 aliphatic carbocycles. The molecule has 2 aliphatic rings. The normalized spacial score (nSPS) is 20.7. The Labute approximate surface area is 141 Å². The van der Waals surface area contributed by atoms with E-state index in [1.165, 1.54) is 17.4 Å². The molecule has 0 aromatic carbocycles. The Hall–Kier alpha value is -1.85. The summed E-state index contributed by atoms with van der Waals surface area (Å²) in [4.78, 5) is 30.6. The summed E-state index contributed by atoms with van der Waals surface area (Å²) in [6, 6.07) is 0.236. The van der Waals surface area contributed by atoms with Gasteiger partial charge in [0.05, 0.1) is 6.33 Å². The highest BCUT2D eigenvalue weighted by Gasteiger charge is 2.27. The fourth-order valence-corrected chi connectivity index (χ4v) is 4.60. The Morgan fingerprint density at radius 1 is 0.875 bits per heavy atom. The summed E-state index contributed by atoms with van der Waals surface area (Å²) in [5.41, 5.74) is 0.835. The van der Waals surface area contributed by atoms with Crippen LogP contribution in [-0.4, -0.2) is 18.7 Å². The molecular formula is C18H26N4O2. The van der Waals surface area contributed by atoms with E-state index in [0.29, 0.717) is 11.2 Å². The van der Waals surface area contributed by atoms with Crippen molar-refractivity contribution in [1.82, 2.24) is 18.7 Å². The third-order valence-electron chi connectivity index (χ3n) is 5.85. The van der Waals surface area contributed by atoms with E-state index in [4.69, 9.17) is 0 Å². The summed E-state index contributed by atoms with van der Waals surface area (Å²) in [6.07, 6.45) is 12.5. The Morgan fingerprint density at radius 2 is 1.42 bits per heavy atom. The zero-order chi connectivity index (χ0) is 16.7. The monoisotopic (exact) mass is 330 g/mol. The fraction of sp³-hybridized carbons (Fsp3) is 0.722. The average molecular weight is 330 g/mol. The van der Waals surface area contributed by atoms with Crippen LogP contribution in [0.5, 0.6) is 0 Å². The molecule has 6 heteroatoms. The van der Waals surface area contributed by atoms with Crippen molar-refractivity contribution in [2.24, 2.45) is 7.05 Å². The maximum atomic E-state index is 13.3. The largest absolute Gasteiger partial charge is 0.333 e. The molecule has 2 heterocycles. The quantitative estimate of drug-likeness (QED) is 0.850. The molecule has 0 spiro atoms. The molecule has 0 radical (unpaired) electrons. The number of nitrogens with zero attached hydrogens (tertiary/aromatic N) is 4. The van der Waals surface area contributed by atoms with Crippen molar-refractivity contribution < 1.29 is 0 Å². The number of hydrogen-bond acceptors (Lipinski definition) is 3. The smallest absolute Gasteiger partial charge is 0.320 e. The molecule has 0 aliphatic heterocycles. The second kappa shape index (κ2) is 6.22. The van der Waals surface area contributed by atoms with Crippen LogP contribution in [-0.2, 0) is 7.05 Å². The number of aromatic nitrogens is 4. The first-order valence-electron chi connectivity index (χ1n) is 9.36. The number of rotatable bonds is 2. The van der Waals surface area contributed by atoms with E-state index >= 15 is 0 Å². The molecule has 0 unspecified atom stereocenters. The fourth-order valence-electron chi connectivity index (χ4n) is 4.60. The average Bonchev–Trinajstić information content (AvgIpc) is 2.99. The maximum absolute atomic E-state index is 13.3. The van der Waals surface area contributed by atoms with E-state index in [2.05, 4.69) is 4.98 Å². The molecule has 2 aromatic heterocycles. The first kappa shape index (κ1) is 15.7. The molecule has 24 heavy (non-hydrogen) atoms. The third kappa shape index (κ3) is 2.43. The van der Waals surface area contributed by atoms with E-state index in [0.717, 1.165) is 51.4 Å². The van der Waals surface area contributed by atoms with Crippen molar-refractivity contribution in [3.05, 3.63) is 27.2 Å². The van der Waals surface area contributed by atoms with Gasteiger partial charge in [-0.3, -0.25) is 13.9 Å². The van der Waals surface area contributed by atoms with Gasteiger partial charge in [-0.05, 0) is 25.7 Å². The molecule has 0 amide bonds. The predicted molar refractivity (Wildman–Crippen MR) is 93.5 cm³/mol. The lowest BCUT2D eigenvalue weighted by Crippen LogP contribution is -2.44. The van der Waals surface area contributed by atoms with Gasteiger partial charge >= 0.3 is 5.69 Å². The van der Waals surface area contributed by atoms with Crippen LogP contribution in [0.15, 0.2) is 15.9 Å². The molecule has 0 saturated heterocycles. The first-order chi connectivity index (χ1) is 11.7. The van der Waals surface area contributed by atoms with Gasteiger partial charge in [0, 0.05) is 19.1 Å². The highest BCUT2D eigenvalue weighted by molar-refractivity contribution is 5.70. The van der Waals surface area contributed by atoms with Crippen LogP contribution in [0.25, 0.3) is 11.2 Å². The summed E-state index contributed by atoms with van der Waals surface area (Å²) in [5.74, 6) is 0. The van der Waals surface area contributed by atoms with E-state index in [-0.39, 0.29) is 23.3 Å². The van der Waals surface area contributed by atoms with Crippen molar-refractivity contribution in [2.75, 3.05) is 0 Å². The molecular weight excluding hydrogens is 304 g/mol. The van der Waals surface area contributed by atoms with Crippen molar-refractivity contribution in [1.29, 1.82) is 0 Å². The van der Waals surface area contributed by atoms with E-state index in [9.17, 15) is 9.59 Å². The van der Waals surface area contributed by atoms with Gasteiger partial charge in [-0.2, -0.15) is 0 Å². The van der Waals surface area contributed by atoms with Crippen LogP contribution in [0.2, 0.25) is 0 Å². The number of aryl methyl sites for hydroxylation is 1. The molecule has 0 N–H and O–H groups in total. The van der Waals surface area contributed by atoms with Crippen LogP contribution in [0, 0.1) is 0 Å². The maximum Gasteiger partial charge on any atom is 0.333 e. The number of fused-ring (bicyclic) bond motifs is 1. The second-order valence-corrected chi connectivity index (χ2v) is 7.44. The van der Waals surface area contributed by atoms with Gasteiger partial charge in [0.1, 0.15) is 5.65 Å². The third-order valence-corrected chi connectivity index (χ3v) is 5.85. The van der Waals surface area contributed by atoms with E-state index in [1.807, 2.05) is 16.2 Å². The number of hydrogen-bond donors (Lipinski definition) is 0. The second-order valence-electron chi connectivity index (χ2n) is 7.44. The standard InChI is InChI=1S/C18H26N4O2/c1-20-12-19-15-16(20)21(13-8-4-2-5-9-13)18(24)22(17(15)23)14-10-6-3-7-11-14/h12-14H,2-11H2,1H3. The molecule has 2 saturated carbocycles. The van der Waals surface area contributed by atoms with Crippen LogP contribution < -0.4 is 11.2 Å². The summed E-state index contributed by atoms with van der Waals surface area (Å²) in [6.45, 7) is 0. The predicted octanol–water partition coefficient (Wildman–Crippen LogP) is 2.91. The Kier molecular flexibility index (Phi) is 4.06. The minimum absolute atomic E-state index is 0.0417. The van der Waals surface area contributed by atoms with Crippen molar-refractivity contribution in [2.45, 2.75) is 76.3 Å². The lowest BCUT2D eigenvalue weighted by Gasteiger charge is -2.28. The van der Waals surface area contributed by atoms with Gasteiger partial charge in [0.15, 0.2) is 5.52 Å². The lowest BCUT2D eigenvalue weighted by atomic mass is 9.94. The van der Waals surface area contributed by atoms with Crippen LogP contribution in [0.3, 0.4) is 0 Å². The highest BCUT2D eigenvalue weighted by atomic mass is 16.2. The van der Waals surface area contributed by atoms with Crippen molar-refractivity contribution >= 4 is 11.2 Å². The van der Waals surface area contributed by atoms with Gasteiger partial charge in [-0.15, -0.1) is 0 Å². The molecule has 2 aromatic rings. The van der Waals surface area contributed by atoms with Gasteiger partial charge in [0.2, 0.25) is 0 Å². The van der Waals surface area contributed by atoms with Crippen LogP contribution in [0.4, 0.5) is 0 Å². The molecule has 0 atom stereocenters. The van der Waals surface area contributed by atoms with Crippen LogP contribution >= 0.6 is 0 Å². The van der Waals surface area contributed by atoms with Gasteiger partial charge < -0.3 is 4.57 Å². The van der Waals surface area contributed by atoms with Gasteiger partial charge in [0.25, 0.3) is 5.56 Å². The van der Waals surface area contributed by atoms with Crippen LogP contribution in [0.1, 0.15) is 76.3 Å².